The first kappa shape index (κ1) is 13.8. The van der Waals surface area contributed by atoms with Gasteiger partial charge in [0.1, 0.15) is 13.2 Å². The first-order valence-corrected chi connectivity index (χ1v) is 4.06. The highest BCUT2D eigenvalue weighted by Gasteiger charge is 2.27. The van der Waals surface area contributed by atoms with E-state index in [2.05, 4.69) is 9.47 Å². The van der Waals surface area contributed by atoms with Gasteiger partial charge >= 0.3 is 12.1 Å². The zero-order chi connectivity index (χ0) is 11.9. The lowest BCUT2D eigenvalue weighted by Gasteiger charge is -2.07. The molecule has 2 N–H and O–H groups in total. The van der Waals surface area contributed by atoms with E-state index < -0.39 is 18.8 Å². The van der Waals surface area contributed by atoms with Gasteiger partial charge < -0.3 is 15.2 Å². The summed E-state index contributed by atoms with van der Waals surface area (Å²) in [5, 5.41) is 0. The Morgan fingerprint density at radius 1 is 1.40 bits per heavy atom. The van der Waals surface area contributed by atoms with Crippen LogP contribution in [0.4, 0.5) is 13.2 Å². The average Bonchev–Trinajstić information content (AvgIpc) is 1.99. The maximum absolute atomic E-state index is 11.6. The second kappa shape index (κ2) is 6.28. The van der Waals surface area contributed by atoms with Crippen LogP contribution in [0.2, 0.25) is 0 Å². The minimum absolute atomic E-state index is 0.237. The molecule has 0 unspecified atom stereocenters. The highest BCUT2D eigenvalue weighted by Crippen LogP contribution is 2.13. The molecule has 0 bridgehead atoms. The first-order valence-electron chi connectivity index (χ1n) is 4.06. The highest BCUT2D eigenvalue weighted by molar-refractivity contribution is 5.82. The largest absolute Gasteiger partial charge is 0.460 e. The summed E-state index contributed by atoms with van der Waals surface area (Å²) in [6.07, 6.45) is -3.33. The Bertz CT molecular complexity index is 234. The molecule has 0 aliphatic heterocycles. The van der Waals surface area contributed by atoms with E-state index in [1.54, 1.807) is 0 Å². The summed E-state index contributed by atoms with van der Waals surface area (Å²) in [5.41, 5.74) is 5.42. The number of halogens is 3. The van der Waals surface area contributed by atoms with Gasteiger partial charge in [-0.25, -0.2) is 4.79 Å². The molecule has 0 saturated carbocycles. The Labute approximate surface area is 84.8 Å². The summed E-state index contributed by atoms with van der Waals surface area (Å²) >= 11 is 0. The molecule has 7 heteroatoms. The molecule has 0 radical (unpaired) electrons. The number of esters is 1. The van der Waals surface area contributed by atoms with Crippen molar-refractivity contribution in [3.8, 4) is 0 Å². The third-order valence-corrected chi connectivity index (χ3v) is 1.08. The van der Waals surface area contributed by atoms with Gasteiger partial charge in [-0.1, -0.05) is 0 Å². The molecule has 0 heterocycles. The number of hydrogen-bond donors (Lipinski definition) is 1. The zero-order valence-corrected chi connectivity index (χ0v) is 8.13. The molecule has 15 heavy (non-hydrogen) atoms. The highest BCUT2D eigenvalue weighted by atomic mass is 19.4. The Morgan fingerprint density at radius 3 is 2.47 bits per heavy atom. The lowest BCUT2D eigenvalue weighted by molar-refractivity contribution is -0.177. The van der Waals surface area contributed by atoms with Gasteiger partial charge in [0.05, 0.1) is 6.61 Å². The quantitative estimate of drug-likeness (QED) is 0.432. The monoisotopic (exact) mass is 227 g/mol. The summed E-state index contributed by atoms with van der Waals surface area (Å²) in [5.74, 6) is -0.703. The summed E-state index contributed by atoms with van der Waals surface area (Å²) in [4.78, 5) is 10.8. The van der Waals surface area contributed by atoms with Crippen LogP contribution in [0, 0.1) is 0 Å². The zero-order valence-electron chi connectivity index (χ0n) is 8.13. The van der Waals surface area contributed by atoms with E-state index in [-0.39, 0.29) is 18.9 Å². The fourth-order valence-corrected chi connectivity index (χ4v) is 0.617. The number of alkyl halides is 3. The summed E-state index contributed by atoms with van der Waals surface area (Å²) in [6.45, 7) is -0.404. The standard InChI is InChI=1S/C8H12F3NO3/c1-6(12)4-7(13)15-3-2-14-5-8(9,10)11/h4H,2-3,5,12H2,1H3/b6-4-. The van der Waals surface area contributed by atoms with Crippen molar-refractivity contribution < 1.29 is 27.4 Å². The van der Waals surface area contributed by atoms with Crippen LogP contribution in [0.5, 0.6) is 0 Å². The van der Waals surface area contributed by atoms with Crippen molar-refractivity contribution in [1.29, 1.82) is 0 Å². The van der Waals surface area contributed by atoms with Crippen molar-refractivity contribution in [3.63, 3.8) is 0 Å². The number of hydrogen-bond acceptors (Lipinski definition) is 4. The van der Waals surface area contributed by atoms with Gasteiger partial charge in [-0.15, -0.1) is 0 Å². The first-order chi connectivity index (χ1) is 6.81. The van der Waals surface area contributed by atoms with Crippen molar-refractivity contribution >= 4 is 5.97 Å². The van der Waals surface area contributed by atoms with Crippen LogP contribution in [-0.4, -0.2) is 32.0 Å². The molecule has 0 aliphatic carbocycles. The third kappa shape index (κ3) is 10.7. The molecule has 0 aliphatic rings. The summed E-state index contributed by atoms with van der Waals surface area (Å²) in [6, 6.07) is 0. The minimum Gasteiger partial charge on any atom is -0.460 e. The molecular weight excluding hydrogens is 215 g/mol. The molecule has 0 saturated heterocycles. The van der Waals surface area contributed by atoms with E-state index in [4.69, 9.17) is 5.73 Å². The summed E-state index contributed by atoms with van der Waals surface area (Å²) in [7, 11) is 0. The van der Waals surface area contributed by atoms with Gasteiger partial charge in [0.2, 0.25) is 0 Å². The van der Waals surface area contributed by atoms with E-state index in [1.807, 2.05) is 0 Å². The second-order valence-corrected chi connectivity index (χ2v) is 2.72. The van der Waals surface area contributed by atoms with E-state index in [0.717, 1.165) is 6.08 Å². The normalized spacial score (nSPS) is 12.7. The fraction of sp³-hybridized carbons (Fsp3) is 0.625. The van der Waals surface area contributed by atoms with Gasteiger partial charge in [0, 0.05) is 11.8 Å². The SMILES string of the molecule is C/C(N)=C/C(=O)OCCOCC(F)(F)F. The van der Waals surface area contributed by atoms with E-state index in [9.17, 15) is 18.0 Å². The lowest BCUT2D eigenvalue weighted by Crippen LogP contribution is -2.19. The van der Waals surface area contributed by atoms with E-state index in [1.165, 1.54) is 6.92 Å². The van der Waals surface area contributed by atoms with Crippen LogP contribution in [0.1, 0.15) is 6.92 Å². The number of allylic oxidation sites excluding steroid dienone is 1. The smallest absolute Gasteiger partial charge is 0.411 e. The molecule has 0 fully saturated rings. The van der Waals surface area contributed by atoms with Crippen molar-refractivity contribution in [3.05, 3.63) is 11.8 Å². The number of carbonyl (C=O) groups excluding carboxylic acids is 1. The molecule has 0 aromatic rings. The van der Waals surface area contributed by atoms with Crippen LogP contribution in [-0.2, 0) is 14.3 Å². The van der Waals surface area contributed by atoms with Crippen LogP contribution in [0.25, 0.3) is 0 Å². The third-order valence-electron chi connectivity index (χ3n) is 1.08. The predicted molar refractivity (Wildman–Crippen MR) is 45.8 cm³/mol. The van der Waals surface area contributed by atoms with Gasteiger partial charge in [-0.2, -0.15) is 13.2 Å². The van der Waals surface area contributed by atoms with Crippen LogP contribution < -0.4 is 5.73 Å². The van der Waals surface area contributed by atoms with E-state index >= 15 is 0 Å². The summed E-state index contributed by atoms with van der Waals surface area (Å²) < 4.78 is 43.3. The number of carbonyl (C=O) groups is 1. The lowest BCUT2D eigenvalue weighted by atomic mass is 10.4. The van der Waals surface area contributed by atoms with Crippen molar-refractivity contribution in [1.82, 2.24) is 0 Å². The predicted octanol–water partition coefficient (Wildman–Crippen LogP) is 0.971. The Kier molecular flexibility index (Phi) is 5.76. The maximum atomic E-state index is 11.6. The molecular formula is C8H12F3NO3. The molecule has 0 aromatic carbocycles. The minimum atomic E-state index is -4.36. The average molecular weight is 227 g/mol. The molecule has 0 spiro atoms. The van der Waals surface area contributed by atoms with Gasteiger partial charge in [0.25, 0.3) is 0 Å². The molecule has 0 rings (SSSR count). The van der Waals surface area contributed by atoms with Crippen LogP contribution >= 0.6 is 0 Å². The molecule has 0 aromatic heterocycles. The molecule has 4 nitrogen and oxygen atoms in total. The number of ether oxygens (including phenoxy) is 2. The van der Waals surface area contributed by atoms with Gasteiger partial charge in [0.15, 0.2) is 0 Å². The molecule has 0 amide bonds. The van der Waals surface area contributed by atoms with Crippen LogP contribution in [0.15, 0.2) is 11.8 Å². The second-order valence-electron chi connectivity index (χ2n) is 2.72. The maximum Gasteiger partial charge on any atom is 0.411 e. The number of nitrogens with two attached hydrogens (primary N) is 1. The Hall–Kier alpha value is -1.24. The van der Waals surface area contributed by atoms with Gasteiger partial charge in [-0.3, -0.25) is 0 Å². The fourth-order valence-electron chi connectivity index (χ4n) is 0.617. The van der Waals surface area contributed by atoms with E-state index in [0.29, 0.717) is 0 Å². The Morgan fingerprint density at radius 2 is 2.00 bits per heavy atom. The molecule has 0 atom stereocenters. The topological polar surface area (TPSA) is 61.6 Å². The van der Waals surface area contributed by atoms with Crippen molar-refractivity contribution in [2.45, 2.75) is 13.1 Å². The van der Waals surface area contributed by atoms with Crippen LogP contribution in [0.3, 0.4) is 0 Å². The molecule has 88 valence electrons. The Balaban J connectivity index is 3.48. The van der Waals surface area contributed by atoms with Gasteiger partial charge in [-0.05, 0) is 6.92 Å². The number of rotatable bonds is 5. The van der Waals surface area contributed by atoms with Crippen molar-refractivity contribution in [2.24, 2.45) is 5.73 Å². The van der Waals surface area contributed by atoms with Crippen molar-refractivity contribution in [2.75, 3.05) is 19.8 Å².